The molecule has 0 radical (unpaired) electrons. The first-order chi connectivity index (χ1) is 13.8. The molecule has 7 heteroatoms. The Labute approximate surface area is 172 Å². The molecule has 29 heavy (non-hydrogen) atoms. The van der Waals surface area contributed by atoms with Gasteiger partial charge in [0.1, 0.15) is 0 Å². The topological polar surface area (TPSA) is 66.9 Å². The lowest BCUT2D eigenvalue weighted by Gasteiger charge is -2.34. The number of nitrogens with zero attached hydrogens (tertiary/aromatic N) is 2. The van der Waals surface area contributed by atoms with Crippen molar-refractivity contribution in [2.45, 2.75) is 50.3 Å². The second kappa shape index (κ2) is 7.55. The fraction of sp³-hybridized carbons (Fsp3) is 0.409. The van der Waals surface area contributed by atoms with Gasteiger partial charge in [-0.3, -0.25) is 4.79 Å². The lowest BCUT2D eigenvalue weighted by atomic mass is 10.1. The number of benzene rings is 2. The first-order valence-corrected chi connectivity index (χ1v) is 11.4. The molecule has 6 nitrogen and oxygen atoms in total. The van der Waals surface area contributed by atoms with Crippen LogP contribution in [0.1, 0.15) is 36.7 Å². The summed E-state index contributed by atoms with van der Waals surface area (Å²) in [7, 11) is -3.62. The summed E-state index contributed by atoms with van der Waals surface area (Å²) in [6, 6.07) is 14.2. The van der Waals surface area contributed by atoms with Gasteiger partial charge < -0.3 is 9.64 Å². The van der Waals surface area contributed by atoms with E-state index in [1.165, 1.54) is 16.4 Å². The second-order valence-corrected chi connectivity index (χ2v) is 9.90. The first kappa shape index (κ1) is 20.1. The van der Waals surface area contributed by atoms with Crippen LogP contribution in [-0.4, -0.2) is 50.0 Å². The van der Waals surface area contributed by atoms with Gasteiger partial charge in [-0.2, -0.15) is 4.31 Å². The number of morpholine rings is 1. The first-order valence-electron chi connectivity index (χ1n) is 9.94. The fourth-order valence-electron chi connectivity index (χ4n) is 4.26. The highest BCUT2D eigenvalue weighted by Gasteiger charge is 2.33. The molecule has 2 aliphatic rings. The summed E-state index contributed by atoms with van der Waals surface area (Å²) in [5.41, 5.74) is 2.57. The van der Waals surface area contributed by atoms with E-state index in [1.54, 1.807) is 17.0 Å². The highest BCUT2D eigenvalue weighted by atomic mass is 32.2. The van der Waals surface area contributed by atoms with Crippen molar-refractivity contribution in [1.82, 2.24) is 4.31 Å². The van der Waals surface area contributed by atoms with Crippen LogP contribution in [0.2, 0.25) is 0 Å². The van der Waals surface area contributed by atoms with E-state index >= 15 is 0 Å². The summed E-state index contributed by atoms with van der Waals surface area (Å²) in [6.45, 7) is 6.42. The number of hydrogen-bond donors (Lipinski definition) is 0. The largest absolute Gasteiger partial charge is 0.373 e. The standard InChI is InChI=1S/C22H26N2O4S/c1-15-12-19-6-4-5-7-21(19)24(15)22(25)18-8-10-20(11-9-18)29(26,27)23-13-16(2)28-17(3)14-23/h4-11,15-17H,12-14H2,1-3H3/t15-,16-,17+/m1/s1. The molecule has 4 rings (SSSR count). The van der Waals surface area contributed by atoms with Crippen molar-refractivity contribution in [2.24, 2.45) is 0 Å². The summed E-state index contributed by atoms with van der Waals surface area (Å²) in [6.07, 6.45) is 0.527. The minimum absolute atomic E-state index is 0.0691. The average Bonchev–Trinajstić information content (AvgIpc) is 3.02. The second-order valence-electron chi connectivity index (χ2n) is 7.96. The van der Waals surface area contributed by atoms with E-state index in [9.17, 15) is 13.2 Å². The third-order valence-electron chi connectivity index (χ3n) is 5.55. The third-order valence-corrected chi connectivity index (χ3v) is 7.40. The van der Waals surface area contributed by atoms with Crippen molar-refractivity contribution in [1.29, 1.82) is 0 Å². The SMILES string of the molecule is C[C@@H]1CN(S(=O)(=O)c2ccc(C(=O)N3c4ccccc4C[C@H]3C)cc2)C[C@H](C)O1. The van der Waals surface area contributed by atoms with Crippen molar-refractivity contribution in [3.63, 3.8) is 0 Å². The molecule has 0 bridgehead atoms. The average molecular weight is 415 g/mol. The number of ether oxygens (including phenoxy) is 1. The number of carbonyl (C=O) groups is 1. The molecule has 2 aliphatic heterocycles. The highest BCUT2D eigenvalue weighted by Crippen LogP contribution is 2.33. The van der Waals surface area contributed by atoms with Crippen molar-refractivity contribution in [2.75, 3.05) is 18.0 Å². The maximum absolute atomic E-state index is 13.1. The molecule has 2 aromatic rings. The van der Waals surface area contributed by atoms with Gasteiger partial charge in [-0.05, 0) is 63.1 Å². The minimum Gasteiger partial charge on any atom is -0.373 e. The van der Waals surface area contributed by atoms with Gasteiger partial charge in [-0.25, -0.2) is 8.42 Å². The number of fused-ring (bicyclic) bond motifs is 1. The fourth-order valence-corrected chi connectivity index (χ4v) is 5.85. The van der Waals surface area contributed by atoms with Crippen molar-refractivity contribution < 1.29 is 17.9 Å². The Hall–Kier alpha value is -2.22. The summed E-state index contributed by atoms with van der Waals surface area (Å²) >= 11 is 0. The molecule has 0 N–H and O–H groups in total. The Morgan fingerprint density at radius 2 is 1.59 bits per heavy atom. The van der Waals surface area contributed by atoms with E-state index in [4.69, 9.17) is 4.74 Å². The van der Waals surface area contributed by atoms with Crippen LogP contribution in [0.5, 0.6) is 0 Å². The molecule has 2 aromatic carbocycles. The minimum atomic E-state index is -3.62. The zero-order valence-corrected chi connectivity index (χ0v) is 17.7. The van der Waals surface area contributed by atoms with Crippen LogP contribution >= 0.6 is 0 Å². The zero-order valence-electron chi connectivity index (χ0n) is 16.9. The van der Waals surface area contributed by atoms with Gasteiger partial charge in [0.25, 0.3) is 5.91 Å². The molecule has 0 aliphatic carbocycles. The molecule has 2 heterocycles. The molecule has 3 atom stereocenters. The van der Waals surface area contributed by atoms with Crippen molar-refractivity contribution in [3.05, 3.63) is 59.7 Å². The molecule has 1 fully saturated rings. The van der Waals surface area contributed by atoms with Gasteiger partial charge in [-0.15, -0.1) is 0 Å². The van der Waals surface area contributed by atoms with E-state index < -0.39 is 10.0 Å². The van der Waals surface area contributed by atoms with E-state index in [-0.39, 0.29) is 29.1 Å². The van der Waals surface area contributed by atoms with Gasteiger partial charge >= 0.3 is 0 Å². The Morgan fingerprint density at radius 1 is 0.966 bits per heavy atom. The molecule has 1 saturated heterocycles. The van der Waals surface area contributed by atoms with Gasteiger partial charge in [0, 0.05) is 30.4 Å². The zero-order chi connectivity index (χ0) is 20.8. The lowest BCUT2D eigenvalue weighted by molar-refractivity contribution is -0.0440. The van der Waals surface area contributed by atoms with Gasteiger partial charge in [0.15, 0.2) is 0 Å². The quantitative estimate of drug-likeness (QED) is 0.774. The lowest BCUT2D eigenvalue weighted by Crippen LogP contribution is -2.48. The monoisotopic (exact) mass is 414 g/mol. The number of para-hydroxylation sites is 1. The molecule has 1 amide bonds. The maximum atomic E-state index is 13.1. The normalized spacial score (nSPS) is 25.1. The Balaban J connectivity index is 1.57. The maximum Gasteiger partial charge on any atom is 0.258 e. The van der Waals surface area contributed by atoms with Crippen molar-refractivity contribution >= 4 is 21.6 Å². The third kappa shape index (κ3) is 3.70. The van der Waals surface area contributed by atoms with E-state index in [1.807, 2.05) is 45.0 Å². The van der Waals surface area contributed by atoms with Crippen LogP contribution in [0.4, 0.5) is 5.69 Å². The van der Waals surface area contributed by atoms with E-state index in [0.29, 0.717) is 18.7 Å². The highest BCUT2D eigenvalue weighted by molar-refractivity contribution is 7.89. The van der Waals surface area contributed by atoms with Crippen molar-refractivity contribution in [3.8, 4) is 0 Å². The number of rotatable bonds is 3. The number of amides is 1. The molecule has 154 valence electrons. The van der Waals surface area contributed by atoms with Crippen LogP contribution in [0.3, 0.4) is 0 Å². The predicted octanol–water partition coefficient (Wildman–Crippen LogP) is 3.08. The summed E-state index contributed by atoms with van der Waals surface area (Å²) in [5, 5.41) is 0. The Kier molecular flexibility index (Phi) is 5.23. The van der Waals surface area contributed by atoms with Crippen LogP contribution in [0.25, 0.3) is 0 Å². The molecule has 0 spiro atoms. The van der Waals surface area contributed by atoms with Crippen LogP contribution < -0.4 is 4.90 Å². The van der Waals surface area contributed by atoms with Crippen LogP contribution in [-0.2, 0) is 21.2 Å². The van der Waals surface area contributed by atoms with Gasteiger partial charge in [0.2, 0.25) is 10.0 Å². The smallest absolute Gasteiger partial charge is 0.258 e. The molecule has 0 saturated carbocycles. The number of carbonyl (C=O) groups excluding carboxylic acids is 1. The Bertz CT molecular complexity index is 1010. The Morgan fingerprint density at radius 3 is 2.24 bits per heavy atom. The predicted molar refractivity (Wildman–Crippen MR) is 112 cm³/mol. The number of hydrogen-bond acceptors (Lipinski definition) is 4. The van der Waals surface area contributed by atoms with Crippen LogP contribution in [0.15, 0.2) is 53.4 Å². The summed E-state index contributed by atoms with van der Waals surface area (Å²) < 4.78 is 33.1. The van der Waals surface area contributed by atoms with Gasteiger partial charge in [-0.1, -0.05) is 18.2 Å². The van der Waals surface area contributed by atoms with E-state index in [0.717, 1.165) is 17.7 Å². The van der Waals surface area contributed by atoms with E-state index in [2.05, 4.69) is 0 Å². The number of anilines is 1. The number of sulfonamides is 1. The molecular formula is C22H26N2O4S. The summed E-state index contributed by atoms with van der Waals surface area (Å²) in [5.74, 6) is -0.111. The summed E-state index contributed by atoms with van der Waals surface area (Å²) in [4.78, 5) is 15.1. The molecule has 0 unspecified atom stereocenters. The molecule has 0 aromatic heterocycles. The molecular weight excluding hydrogens is 388 g/mol. The van der Waals surface area contributed by atoms with Crippen LogP contribution in [0, 0.1) is 0 Å². The van der Waals surface area contributed by atoms with Gasteiger partial charge in [0.05, 0.1) is 17.1 Å².